The highest BCUT2D eigenvalue weighted by Crippen LogP contribution is 2.47. The first-order valence-corrected chi connectivity index (χ1v) is 5.56. The fourth-order valence-corrected chi connectivity index (χ4v) is 3.01. The zero-order valence-electron chi connectivity index (χ0n) is 9.16. The van der Waals surface area contributed by atoms with Gasteiger partial charge in [-0.05, 0) is 18.8 Å². The summed E-state index contributed by atoms with van der Waals surface area (Å²) in [6.45, 7) is 6.93. The number of amides is 1. The molecule has 0 unspecified atom stereocenters. The van der Waals surface area contributed by atoms with E-state index in [2.05, 4.69) is 6.58 Å². The molecule has 3 nitrogen and oxygen atoms in total. The molecular weight excluding hydrogens is 190 g/mol. The van der Waals surface area contributed by atoms with Gasteiger partial charge in [-0.25, -0.2) is 0 Å². The van der Waals surface area contributed by atoms with E-state index < -0.39 is 5.41 Å². The minimum absolute atomic E-state index is 0.0393. The lowest BCUT2D eigenvalue weighted by Crippen LogP contribution is -2.39. The number of rotatable bonds is 2. The molecule has 0 radical (unpaired) electrons. The summed E-state index contributed by atoms with van der Waals surface area (Å²) in [7, 11) is 0. The average Bonchev–Trinajstić information content (AvgIpc) is 2.68. The molecule has 2 rings (SSSR count). The van der Waals surface area contributed by atoms with E-state index in [1.165, 1.54) is 0 Å². The Labute approximate surface area is 90.1 Å². The topological polar surface area (TPSA) is 37.4 Å². The predicted octanol–water partition coefficient (Wildman–Crippen LogP) is 1.39. The number of carbonyl (C=O) groups excluding carboxylic acids is 2. The maximum atomic E-state index is 12.2. The van der Waals surface area contributed by atoms with Crippen LogP contribution in [0.25, 0.3) is 0 Å². The van der Waals surface area contributed by atoms with Crippen LogP contribution in [0.1, 0.15) is 26.2 Å². The van der Waals surface area contributed by atoms with Crippen molar-refractivity contribution >= 4 is 11.7 Å². The molecule has 0 bridgehead atoms. The largest absolute Gasteiger partial charge is 0.338 e. The minimum atomic E-state index is -0.664. The van der Waals surface area contributed by atoms with Crippen LogP contribution in [-0.2, 0) is 9.59 Å². The fraction of sp³-hybridized carbons (Fsp3) is 0.667. The minimum Gasteiger partial charge on any atom is -0.338 e. The maximum Gasteiger partial charge on any atom is 0.236 e. The Morgan fingerprint density at radius 3 is 2.87 bits per heavy atom. The number of ketones is 1. The lowest BCUT2D eigenvalue weighted by atomic mass is 9.76. The Morgan fingerprint density at radius 2 is 2.33 bits per heavy atom. The molecule has 1 aliphatic carbocycles. The van der Waals surface area contributed by atoms with Crippen LogP contribution in [0.15, 0.2) is 12.7 Å². The molecule has 0 aromatic carbocycles. The second kappa shape index (κ2) is 3.47. The average molecular weight is 207 g/mol. The van der Waals surface area contributed by atoms with Gasteiger partial charge in [-0.3, -0.25) is 9.59 Å². The Morgan fingerprint density at radius 1 is 1.60 bits per heavy atom. The Kier molecular flexibility index (Phi) is 2.41. The van der Waals surface area contributed by atoms with E-state index in [1.54, 1.807) is 11.0 Å². The number of nitrogens with zero attached hydrogens (tertiary/aromatic N) is 1. The van der Waals surface area contributed by atoms with Gasteiger partial charge in [0.2, 0.25) is 5.91 Å². The molecular formula is C12H17NO2. The summed E-state index contributed by atoms with van der Waals surface area (Å²) < 4.78 is 0. The van der Waals surface area contributed by atoms with Crippen LogP contribution in [0.3, 0.4) is 0 Å². The number of hydrogen-bond donors (Lipinski definition) is 0. The quantitative estimate of drug-likeness (QED) is 0.507. The standard InChI is InChI=1S/C12H17NO2/c1-3-7-13-8-9(2)12(11(13)15)6-4-5-10(12)14/h3,9H,1,4-8H2,2H3/t9-,12-/m1/s1. The van der Waals surface area contributed by atoms with Crippen molar-refractivity contribution in [3.8, 4) is 0 Å². The molecule has 0 aromatic heterocycles. The first-order valence-electron chi connectivity index (χ1n) is 5.56. The second-order valence-corrected chi connectivity index (χ2v) is 4.65. The molecule has 1 saturated heterocycles. The van der Waals surface area contributed by atoms with E-state index in [9.17, 15) is 9.59 Å². The lowest BCUT2D eigenvalue weighted by molar-refractivity contribution is -0.143. The zero-order valence-corrected chi connectivity index (χ0v) is 9.16. The van der Waals surface area contributed by atoms with Crippen LogP contribution in [0, 0.1) is 11.3 Å². The van der Waals surface area contributed by atoms with E-state index in [1.807, 2.05) is 6.92 Å². The van der Waals surface area contributed by atoms with Crippen LogP contribution in [0.4, 0.5) is 0 Å². The van der Waals surface area contributed by atoms with Crippen molar-refractivity contribution in [1.82, 2.24) is 4.90 Å². The normalized spacial score (nSPS) is 35.5. The van der Waals surface area contributed by atoms with Crippen molar-refractivity contribution in [2.75, 3.05) is 13.1 Å². The number of carbonyl (C=O) groups is 2. The summed E-state index contributed by atoms with van der Waals surface area (Å²) in [5, 5.41) is 0. The molecule has 0 aromatic rings. The molecule has 0 N–H and O–H groups in total. The highest BCUT2D eigenvalue weighted by molar-refractivity contribution is 6.09. The summed E-state index contributed by atoms with van der Waals surface area (Å²) in [6.07, 6.45) is 3.93. The van der Waals surface area contributed by atoms with Gasteiger partial charge >= 0.3 is 0 Å². The Bertz CT molecular complexity index is 324. The zero-order chi connectivity index (χ0) is 11.1. The Hall–Kier alpha value is -1.12. The van der Waals surface area contributed by atoms with Gasteiger partial charge < -0.3 is 4.90 Å². The third-order valence-corrected chi connectivity index (χ3v) is 3.83. The van der Waals surface area contributed by atoms with Crippen LogP contribution in [0.2, 0.25) is 0 Å². The van der Waals surface area contributed by atoms with Crippen LogP contribution < -0.4 is 0 Å². The molecule has 1 aliphatic heterocycles. The Balaban J connectivity index is 2.30. The first kappa shape index (κ1) is 10.4. The maximum absolute atomic E-state index is 12.2. The first-order chi connectivity index (χ1) is 7.13. The van der Waals surface area contributed by atoms with Gasteiger partial charge in [0.1, 0.15) is 11.2 Å². The van der Waals surface area contributed by atoms with E-state index in [0.29, 0.717) is 19.5 Å². The predicted molar refractivity (Wildman–Crippen MR) is 57.2 cm³/mol. The molecule has 15 heavy (non-hydrogen) atoms. The van der Waals surface area contributed by atoms with Gasteiger partial charge in [0.25, 0.3) is 0 Å². The third kappa shape index (κ3) is 1.25. The van der Waals surface area contributed by atoms with Crippen LogP contribution in [0.5, 0.6) is 0 Å². The summed E-state index contributed by atoms with van der Waals surface area (Å²) in [5.41, 5.74) is -0.664. The van der Waals surface area contributed by atoms with E-state index in [-0.39, 0.29) is 17.6 Å². The second-order valence-electron chi connectivity index (χ2n) is 4.65. The fourth-order valence-electron chi connectivity index (χ4n) is 3.01. The molecule has 1 amide bonds. The highest BCUT2D eigenvalue weighted by Gasteiger charge is 2.58. The smallest absolute Gasteiger partial charge is 0.236 e. The third-order valence-electron chi connectivity index (χ3n) is 3.83. The molecule has 1 heterocycles. The molecule has 82 valence electrons. The van der Waals surface area contributed by atoms with Gasteiger partial charge in [-0.15, -0.1) is 6.58 Å². The number of Topliss-reactive ketones (excluding diaryl/α,β-unsaturated/α-hetero) is 1. The van der Waals surface area contributed by atoms with E-state index in [0.717, 1.165) is 12.8 Å². The van der Waals surface area contributed by atoms with Crippen LogP contribution >= 0.6 is 0 Å². The van der Waals surface area contributed by atoms with Gasteiger partial charge in [0.15, 0.2) is 0 Å². The van der Waals surface area contributed by atoms with E-state index >= 15 is 0 Å². The van der Waals surface area contributed by atoms with Crippen molar-refractivity contribution in [1.29, 1.82) is 0 Å². The summed E-state index contributed by atoms with van der Waals surface area (Å²) in [4.78, 5) is 25.9. The van der Waals surface area contributed by atoms with Gasteiger partial charge in [0, 0.05) is 19.5 Å². The SMILES string of the molecule is C=CCN1C[C@@H](C)[C@@]2(CCCC2=O)C1=O. The highest BCUT2D eigenvalue weighted by atomic mass is 16.2. The lowest BCUT2D eigenvalue weighted by Gasteiger charge is -2.23. The summed E-state index contributed by atoms with van der Waals surface area (Å²) in [5.74, 6) is 0.365. The van der Waals surface area contributed by atoms with Crippen molar-refractivity contribution in [2.45, 2.75) is 26.2 Å². The molecule has 2 atom stereocenters. The van der Waals surface area contributed by atoms with Gasteiger partial charge in [-0.1, -0.05) is 13.0 Å². The van der Waals surface area contributed by atoms with Crippen LogP contribution in [-0.4, -0.2) is 29.7 Å². The molecule has 1 spiro atoms. The van der Waals surface area contributed by atoms with Crippen molar-refractivity contribution < 1.29 is 9.59 Å². The van der Waals surface area contributed by atoms with Crippen molar-refractivity contribution in [2.24, 2.45) is 11.3 Å². The molecule has 2 fully saturated rings. The molecule has 2 aliphatic rings. The van der Waals surface area contributed by atoms with Crippen molar-refractivity contribution in [3.63, 3.8) is 0 Å². The monoisotopic (exact) mass is 207 g/mol. The number of hydrogen-bond acceptors (Lipinski definition) is 2. The van der Waals surface area contributed by atoms with Crippen molar-refractivity contribution in [3.05, 3.63) is 12.7 Å². The molecule has 1 saturated carbocycles. The number of likely N-dealkylation sites (tertiary alicyclic amines) is 1. The van der Waals surface area contributed by atoms with Gasteiger partial charge in [0.05, 0.1) is 0 Å². The van der Waals surface area contributed by atoms with Gasteiger partial charge in [-0.2, -0.15) is 0 Å². The summed E-state index contributed by atoms with van der Waals surface area (Å²) in [6, 6.07) is 0. The summed E-state index contributed by atoms with van der Waals surface area (Å²) >= 11 is 0. The van der Waals surface area contributed by atoms with E-state index in [4.69, 9.17) is 0 Å². The molecule has 3 heteroatoms.